The largest absolute Gasteiger partial charge is 0.490 e. The molecule has 4 aromatic rings. The topological polar surface area (TPSA) is 180 Å². The van der Waals surface area contributed by atoms with E-state index in [2.05, 4.69) is 20.4 Å². The van der Waals surface area contributed by atoms with E-state index in [4.69, 9.17) is 19.8 Å². The van der Waals surface area contributed by atoms with Crippen molar-refractivity contribution in [1.82, 2.24) is 9.80 Å². The monoisotopic (exact) mass is 814 g/mol. The summed E-state index contributed by atoms with van der Waals surface area (Å²) < 4.78 is 63.5. The van der Waals surface area contributed by atoms with Crippen molar-refractivity contribution in [2.75, 3.05) is 59.7 Å². The minimum Gasteiger partial charge on any atom is -0.475 e. The fourth-order valence-corrected chi connectivity index (χ4v) is 6.08. The van der Waals surface area contributed by atoms with Crippen LogP contribution >= 0.6 is 0 Å². The number of carbonyl (C=O) groups excluding carboxylic acids is 4. The van der Waals surface area contributed by atoms with Crippen molar-refractivity contribution in [3.8, 4) is 0 Å². The molecule has 14 nitrogen and oxygen atoms in total. The van der Waals surface area contributed by atoms with Crippen molar-refractivity contribution in [1.29, 1.82) is 0 Å². The molecule has 0 aromatic heterocycles. The highest BCUT2D eigenvalue weighted by atomic mass is 19.4. The van der Waals surface area contributed by atoms with Gasteiger partial charge >= 0.3 is 24.3 Å². The Morgan fingerprint density at radius 3 is 1.09 bits per heavy atom. The molecule has 0 aliphatic carbocycles. The van der Waals surface area contributed by atoms with Gasteiger partial charge in [-0.1, -0.05) is 48.5 Å². The van der Waals surface area contributed by atoms with Crippen molar-refractivity contribution in [3.63, 3.8) is 0 Å². The van der Waals surface area contributed by atoms with Crippen LogP contribution in [0.4, 0.5) is 60.5 Å². The Labute approximate surface area is 324 Å². The van der Waals surface area contributed by atoms with Crippen LogP contribution in [0.3, 0.4) is 0 Å². The lowest BCUT2D eigenvalue weighted by Gasteiger charge is -2.36. The first kappa shape index (κ1) is 42.3. The number of amides is 4. The third-order valence-corrected chi connectivity index (χ3v) is 8.73. The number of rotatable bonds is 4. The highest BCUT2D eigenvalue weighted by Gasteiger charge is 2.39. The van der Waals surface area contributed by atoms with Gasteiger partial charge in [0.15, 0.2) is 0 Å². The summed E-state index contributed by atoms with van der Waals surface area (Å²) in [7, 11) is 0. The number of carboxylic acids is 2. The van der Waals surface area contributed by atoms with Crippen LogP contribution in [0.1, 0.15) is 20.7 Å². The smallest absolute Gasteiger partial charge is 0.475 e. The molecule has 0 unspecified atom stereocenters. The second kappa shape index (κ2) is 17.6. The van der Waals surface area contributed by atoms with Crippen LogP contribution in [0.5, 0.6) is 0 Å². The molecule has 0 spiro atoms. The average molecular weight is 815 g/mol. The summed E-state index contributed by atoms with van der Waals surface area (Å²) in [6.45, 7) is 2.72. The van der Waals surface area contributed by atoms with Gasteiger partial charge in [-0.15, -0.1) is 0 Å². The van der Waals surface area contributed by atoms with Gasteiger partial charge in [0.1, 0.15) is 0 Å². The Balaban J connectivity index is 0.000000393. The number of carboxylic acid groups (broad SMARTS) is 2. The maximum absolute atomic E-state index is 13.8. The summed E-state index contributed by atoms with van der Waals surface area (Å²) in [6, 6.07) is 28.9. The Morgan fingerprint density at radius 2 is 0.776 bits per heavy atom. The molecule has 304 valence electrons. The number of alkyl halides is 6. The number of para-hydroxylation sites is 6. The predicted molar refractivity (Wildman–Crippen MR) is 196 cm³/mol. The van der Waals surface area contributed by atoms with Crippen molar-refractivity contribution in [2.24, 2.45) is 0 Å². The van der Waals surface area contributed by atoms with Gasteiger partial charge in [-0.2, -0.15) is 26.3 Å². The Morgan fingerprint density at radius 1 is 0.500 bits per heavy atom. The minimum absolute atomic E-state index is 0.138. The van der Waals surface area contributed by atoms with Crippen molar-refractivity contribution < 1.29 is 65.3 Å². The maximum atomic E-state index is 13.8. The summed E-state index contributed by atoms with van der Waals surface area (Å²) in [5.41, 5.74) is 4.41. The zero-order valence-corrected chi connectivity index (χ0v) is 29.9. The highest BCUT2D eigenvalue weighted by molar-refractivity contribution is 6.19. The van der Waals surface area contributed by atoms with Gasteiger partial charge in [0.2, 0.25) is 11.8 Å². The molecule has 4 N–H and O–H groups in total. The molecule has 4 aromatic carbocycles. The fourth-order valence-electron chi connectivity index (χ4n) is 6.08. The van der Waals surface area contributed by atoms with Crippen molar-refractivity contribution >= 4 is 69.7 Å². The van der Waals surface area contributed by atoms with Crippen molar-refractivity contribution in [2.45, 2.75) is 12.4 Å². The third kappa shape index (κ3) is 9.95. The Bertz CT molecular complexity index is 2070. The molecular formula is C38H32F6N6O8. The Hall–Kier alpha value is -6.80. The number of aliphatic carboxylic acids is 2. The number of hydrogen-bond donors (Lipinski definition) is 4. The van der Waals surface area contributed by atoms with Crippen molar-refractivity contribution in [3.05, 3.63) is 108 Å². The molecule has 1 saturated heterocycles. The van der Waals surface area contributed by atoms with Gasteiger partial charge in [-0.25, -0.2) is 9.59 Å². The zero-order valence-electron chi connectivity index (χ0n) is 29.9. The molecule has 4 amide bonds. The number of anilines is 6. The first-order chi connectivity index (χ1) is 27.4. The van der Waals surface area contributed by atoms with E-state index in [9.17, 15) is 45.5 Å². The lowest BCUT2D eigenvalue weighted by molar-refractivity contribution is -0.193. The predicted octanol–water partition coefficient (Wildman–Crippen LogP) is 5.73. The number of benzene rings is 4. The minimum atomic E-state index is -5.08. The molecule has 7 rings (SSSR count). The van der Waals surface area contributed by atoms with Gasteiger partial charge in [0.05, 0.1) is 58.3 Å². The first-order valence-electron chi connectivity index (χ1n) is 17.1. The number of nitrogens with one attached hydrogen (secondary N) is 2. The normalized spacial score (nSPS) is 15.1. The van der Waals surface area contributed by atoms with E-state index in [0.29, 0.717) is 71.4 Å². The molecule has 3 aliphatic heterocycles. The molecule has 1 fully saturated rings. The van der Waals surface area contributed by atoms with Crippen LogP contribution in [0.15, 0.2) is 97.1 Å². The third-order valence-electron chi connectivity index (χ3n) is 8.73. The SMILES string of the molecule is O=C(O)C(F)(F)F.O=C(O)C(F)(F)F.O=C1Nc2ccccc2N(C(=O)CN2CCN(CC(=O)N3c4ccccc4NC(=O)c4ccccc43)CC2)c2ccccc21. The zero-order chi connectivity index (χ0) is 42.4. The van der Waals surface area contributed by atoms with Crippen LogP contribution in [0.2, 0.25) is 0 Å². The van der Waals surface area contributed by atoms with Crippen LogP contribution < -0.4 is 20.4 Å². The van der Waals surface area contributed by atoms with E-state index in [1.54, 1.807) is 58.3 Å². The summed E-state index contributed by atoms with van der Waals surface area (Å²) in [5, 5.41) is 20.1. The molecule has 58 heavy (non-hydrogen) atoms. The number of piperazine rings is 1. The summed E-state index contributed by atoms with van der Waals surface area (Å²) in [6.07, 6.45) is -10.2. The van der Waals surface area contributed by atoms with Gasteiger partial charge in [-0.05, 0) is 48.5 Å². The van der Waals surface area contributed by atoms with E-state index in [1.165, 1.54) is 0 Å². The lowest BCUT2D eigenvalue weighted by Crippen LogP contribution is -2.51. The molecule has 0 bridgehead atoms. The number of carbonyl (C=O) groups is 6. The molecule has 0 saturated carbocycles. The van der Waals surface area contributed by atoms with E-state index in [-0.39, 0.29) is 36.7 Å². The van der Waals surface area contributed by atoms with E-state index in [0.717, 1.165) is 0 Å². The quantitative estimate of drug-likeness (QED) is 0.186. The molecular weight excluding hydrogens is 782 g/mol. The van der Waals surface area contributed by atoms with E-state index >= 15 is 0 Å². The summed E-state index contributed by atoms with van der Waals surface area (Å²) >= 11 is 0. The highest BCUT2D eigenvalue weighted by Crippen LogP contribution is 2.39. The second-order valence-electron chi connectivity index (χ2n) is 12.6. The number of fused-ring (bicyclic) bond motifs is 4. The van der Waals surface area contributed by atoms with E-state index in [1.807, 2.05) is 48.5 Å². The molecule has 20 heteroatoms. The van der Waals surface area contributed by atoms with Gasteiger partial charge in [0.25, 0.3) is 11.8 Å². The van der Waals surface area contributed by atoms with E-state index < -0.39 is 24.3 Å². The van der Waals surface area contributed by atoms with Gasteiger partial charge in [0, 0.05) is 26.2 Å². The molecule has 0 radical (unpaired) electrons. The number of hydrogen-bond acceptors (Lipinski definition) is 8. The lowest BCUT2D eigenvalue weighted by atomic mass is 10.1. The van der Waals surface area contributed by atoms with Crippen LogP contribution in [-0.4, -0.2) is 107 Å². The van der Waals surface area contributed by atoms with Gasteiger partial charge in [-0.3, -0.25) is 38.8 Å². The number of nitrogens with zero attached hydrogens (tertiary/aromatic N) is 4. The molecule has 0 atom stereocenters. The standard InChI is InChI=1S/C34H30N6O4.2C2HF3O2/c41-31(39-27-13-5-1-9-23(27)33(43)35-25-11-3-7-15-29(25)39)21-37-17-19-38(20-18-37)22-32(42)40-28-14-6-2-10-24(28)34(44)36-26-12-4-8-16-30(26)40;2*3-2(4,5)1(6)7/h1-16H,17-22H2,(H,35,43)(H,36,44);2*(H,6,7). The summed E-state index contributed by atoms with van der Waals surface area (Å²) in [4.78, 5) is 78.7. The van der Waals surface area contributed by atoms with Crippen LogP contribution in [-0.2, 0) is 19.2 Å². The first-order valence-corrected chi connectivity index (χ1v) is 17.1. The second-order valence-corrected chi connectivity index (χ2v) is 12.6. The number of halogens is 6. The van der Waals surface area contributed by atoms with Gasteiger partial charge < -0.3 is 20.8 Å². The summed E-state index contributed by atoms with van der Waals surface area (Å²) in [5.74, 6) is -6.30. The Kier molecular flexibility index (Phi) is 12.8. The maximum Gasteiger partial charge on any atom is 0.490 e. The fraction of sp³-hybridized carbons (Fsp3) is 0.211. The molecule has 3 heterocycles. The molecule has 3 aliphatic rings. The average Bonchev–Trinajstić information content (AvgIpc) is 3.38. The van der Waals surface area contributed by atoms with Crippen LogP contribution in [0.25, 0.3) is 0 Å². The van der Waals surface area contributed by atoms with Crippen LogP contribution in [0, 0.1) is 0 Å².